The van der Waals surface area contributed by atoms with Crippen molar-refractivity contribution in [2.45, 2.75) is 17.7 Å². The van der Waals surface area contributed by atoms with Crippen molar-refractivity contribution in [1.29, 1.82) is 0 Å². The number of hydrogen-bond acceptors (Lipinski definition) is 4. The Labute approximate surface area is 121 Å². The molecule has 1 aliphatic heterocycles. The molecule has 0 aromatic heterocycles. The van der Waals surface area contributed by atoms with Crippen LogP contribution < -0.4 is 10.5 Å². The predicted octanol–water partition coefficient (Wildman–Crippen LogP) is 1.74. The first-order chi connectivity index (χ1) is 8.99. The number of nitrogens with one attached hydrogen (secondary N) is 1. The van der Waals surface area contributed by atoms with E-state index in [0.717, 1.165) is 17.3 Å². The van der Waals surface area contributed by atoms with Crippen molar-refractivity contribution in [3.05, 3.63) is 22.7 Å². The summed E-state index contributed by atoms with van der Waals surface area (Å²) in [6.07, 6.45) is 1.77. The van der Waals surface area contributed by atoms with Crippen LogP contribution in [-0.2, 0) is 14.8 Å². The van der Waals surface area contributed by atoms with Gasteiger partial charge in [-0.05, 0) is 37.0 Å². The largest absolute Gasteiger partial charge is 0.398 e. The van der Waals surface area contributed by atoms with Crippen LogP contribution in [0, 0.1) is 5.92 Å². The molecule has 3 N–H and O–H groups in total. The van der Waals surface area contributed by atoms with Gasteiger partial charge >= 0.3 is 0 Å². The van der Waals surface area contributed by atoms with Gasteiger partial charge in [0.15, 0.2) is 0 Å². The number of ether oxygens (including phenoxy) is 1. The van der Waals surface area contributed by atoms with Crippen molar-refractivity contribution >= 4 is 31.6 Å². The molecular formula is C12H17BrN2O3S. The van der Waals surface area contributed by atoms with Crippen molar-refractivity contribution in [2.24, 2.45) is 5.92 Å². The molecule has 0 amide bonds. The highest BCUT2D eigenvalue weighted by Crippen LogP contribution is 2.23. The lowest BCUT2D eigenvalue weighted by Gasteiger charge is -2.22. The average Bonchev–Trinajstić information content (AvgIpc) is 2.37. The third-order valence-electron chi connectivity index (χ3n) is 3.16. The smallest absolute Gasteiger partial charge is 0.242 e. The van der Waals surface area contributed by atoms with E-state index in [2.05, 4.69) is 20.7 Å². The Morgan fingerprint density at radius 3 is 2.68 bits per heavy atom. The molecule has 106 valence electrons. The summed E-state index contributed by atoms with van der Waals surface area (Å²) in [6.45, 7) is 1.83. The number of rotatable bonds is 4. The van der Waals surface area contributed by atoms with Gasteiger partial charge in [0.25, 0.3) is 0 Å². The van der Waals surface area contributed by atoms with Gasteiger partial charge in [0.1, 0.15) is 4.90 Å². The molecule has 7 heteroatoms. The van der Waals surface area contributed by atoms with Gasteiger partial charge in [-0.15, -0.1) is 0 Å². The molecule has 1 heterocycles. The molecule has 5 nitrogen and oxygen atoms in total. The van der Waals surface area contributed by atoms with E-state index in [1.165, 1.54) is 6.07 Å². The van der Waals surface area contributed by atoms with Crippen LogP contribution in [-0.4, -0.2) is 28.2 Å². The van der Waals surface area contributed by atoms with E-state index in [1.54, 1.807) is 12.1 Å². The van der Waals surface area contributed by atoms with Gasteiger partial charge in [-0.1, -0.05) is 15.9 Å². The van der Waals surface area contributed by atoms with Crippen molar-refractivity contribution in [3.63, 3.8) is 0 Å². The molecule has 0 bridgehead atoms. The molecule has 0 aliphatic carbocycles. The van der Waals surface area contributed by atoms with Crippen LogP contribution >= 0.6 is 15.9 Å². The van der Waals surface area contributed by atoms with Crippen molar-refractivity contribution in [3.8, 4) is 0 Å². The molecule has 1 saturated heterocycles. The van der Waals surface area contributed by atoms with E-state index in [1.807, 2.05) is 0 Å². The van der Waals surface area contributed by atoms with Crippen LogP contribution in [0.15, 0.2) is 27.6 Å². The van der Waals surface area contributed by atoms with Gasteiger partial charge in [0, 0.05) is 24.2 Å². The Balaban J connectivity index is 2.05. The topological polar surface area (TPSA) is 81.4 Å². The van der Waals surface area contributed by atoms with Crippen molar-refractivity contribution in [1.82, 2.24) is 4.72 Å². The maximum Gasteiger partial charge on any atom is 0.242 e. The Morgan fingerprint density at radius 2 is 2.05 bits per heavy atom. The lowest BCUT2D eigenvalue weighted by molar-refractivity contribution is 0.0678. The highest BCUT2D eigenvalue weighted by atomic mass is 79.9. The number of nitrogens with two attached hydrogens (primary N) is 1. The molecule has 0 unspecified atom stereocenters. The Morgan fingerprint density at radius 1 is 1.37 bits per heavy atom. The van der Waals surface area contributed by atoms with Gasteiger partial charge in [0.05, 0.1) is 5.69 Å². The van der Waals surface area contributed by atoms with Gasteiger partial charge in [-0.25, -0.2) is 13.1 Å². The maximum atomic E-state index is 12.2. The SMILES string of the molecule is Nc1cc(Br)ccc1S(=O)(=O)NCC1CCOCC1. The summed E-state index contributed by atoms with van der Waals surface area (Å²) in [4.78, 5) is 0.128. The summed E-state index contributed by atoms with van der Waals surface area (Å²) in [7, 11) is -3.54. The highest BCUT2D eigenvalue weighted by Gasteiger charge is 2.20. The van der Waals surface area contributed by atoms with E-state index >= 15 is 0 Å². The summed E-state index contributed by atoms with van der Waals surface area (Å²) >= 11 is 3.26. The first kappa shape index (κ1) is 14.8. The number of halogens is 1. The third-order valence-corrected chi connectivity index (χ3v) is 5.16. The fourth-order valence-corrected chi connectivity index (χ4v) is 3.63. The molecule has 0 atom stereocenters. The Hall–Kier alpha value is -0.630. The van der Waals surface area contributed by atoms with Crippen LogP contribution in [0.5, 0.6) is 0 Å². The predicted molar refractivity (Wildman–Crippen MR) is 77.3 cm³/mol. The third kappa shape index (κ3) is 3.92. The van der Waals surface area contributed by atoms with E-state index < -0.39 is 10.0 Å². The van der Waals surface area contributed by atoms with Crippen molar-refractivity contribution < 1.29 is 13.2 Å². The summed E-state index contributed by atoms with van der Waals surface area (Å²) in [5.74, 6) is 0.334. The molecule has 0 radical (unpaired) electrons. The van der Waals surface area contributed by atoms with Crippen LogP contribution in [0.1, 0.15) is 12.8 Å². The molecule has 0 saturated carbocycles. The molecule has 2 rings (SSSR count). The second-order valence-electron chi connectivity index (χ2n) is 4.59. The zero-order chi connectivity index (χ0) is 13.9. The lowest BCUT2D eigenvalue weighted by atomic mass is 10.0. The minimum Gasteiger partial charge on any atom is -0.398 e. The number of hydrogen-bond donors (Lipinski definition) is 2. The van der Waals surface area contributed by atoms with E-state index in [0.29, 0.717) is 25.7 Å². The first-order valence-electron chi connectivity index (χ1n) is 6.11. The minimum absolute atomic E-state index is 0.128. The highest BCUT2D eigenvalue weighted by molar-refractivity contribution is 9.10. The molecule has 0 spiro atoms. The van der Waals surface area contributed by atoms with E-state index in [9.17, 15) is 8.42 Å². The van der Waals surface area contributed by atoms with Crippen LogP contribution in [0.25, 0.3) is 0 Å². The molecule has 19 heavy (non-hydrogen) atoms. The molecule has 1 aliphatic rings. The van der Waals surface area contributed by atoms with Crippen LogP contribution in [0.2, 0.25) is 0 Å². The summed E-state index contributed by atoms with van der Waals surface area (Å²) < 4.78 is 33.0. The normalized spacial score (nSPS) is 17.5. The van der Waals surface area contributed by atoms with Gasteiger partial charge < -0.3 is 10.5 Å². The number of nitrogen functional groups attached to an aromatic ring is 1. The second-order valence-corrected chi connectivity index (χ2v) is 7.24. The monoisotopic (exact) mass is 348 g/mol. The number of sulfonamides is 1. The standard InChI is InChI=1S/C12H17BrN2O3S/c13-10-1-2-12(11(14)7-10)19(16,17)15-8-9-3-5-18-6-4-9/h1-2,7,9,15H,3-6,8,14H2. The summed E-state index contributed by atoms with van der Waals surface area (Å²) in [5, 5.41) is 0. The zero-order valence-corrected chi connectivity index (χ0v) is 12.8. The van der Waals surface area contributed by atoms with Crippen LogP contribution in [0.4, 0.5) is 5.69 Å². The minimum atomic E-state index is -3.54. The second kappa shape index (κ2) is 6.21. The Kier molecular flexibility index (Phi) is 4.83. The fraction of sp³-hybridized carbons (Fsp3) is 0.500. The van der Waals surface area contributed by atoms with Gasteiger partial charge in [-0.2, -0.15) is 0 Å². The summed E-state index contributed by atoms with van der Waals surface area (Å²) in [5.41, 5.74) is 5.99. The molecule has 1 aromatic carbocycles. The first-order valence-corrected chi connectivity index (χ1v) is 8.39. The average molecular weight is 349 g/mol. The van der Waals surface area contributed by atoms with Crippen molar-refractivity contribution in [2.75, 3.05) is 25.5 Å². The quantitative estimate of drug-likeness (QED) is 0.812. The van der Waals surface area contributed by atoms with Crippen LogP contribution in [0.3, 0.4) is 0 Å². The molecule has 1 fully saturated rings. The van der Waals surface area contributed by atoms with E-state index in [-0.39, 0.29) is 10.6 Å². The molecular weight excluding hydrogens is 332 g/mol. The maximum absolute atomic E-state index is 12.2. The zero-order valence-electron chi connectivity index (χ0n) is 10.4. The fourth-order valence-electron chi connectivity index (χ4n) is 2.02. The van der Waals surface area contributed by atoms with Gasteiger partial charge in [0.2, 0.25) is 10.0 Å². The van der Waals surface area contributed by atoms with Gasteiger partial charge in [-0.3, -0.25) is 0 Å². The number of anilines is 1. The Bertz CT molecular complexity index is 542. The molecule has 1 aromatic rings. The summed E-state index contributed by atoms with van der Waals surface area (Å²) in [6, 6.07) is 4.76. The van der Waals surface area contributed by atoms with E-state index in [4.69, 9.17) is 10.5 Å². The lowest BCUT2D eigenvalue weighted by Crippen LogP contribution is -2.32. The number of benzene rings is 1.